The molecule has 17 heavy (non-hydrogen) atoms. The molecular formula is C12H17NO3S. The maximum atomic E-state index is 11.6. The number of furan rings is 1. The van der Waals surface area contributed by atoms with Crippen LogP contribution in [0.4, 0.5) is 0 Å². The Balaban J connectivity index is 1.65. The van der Waals surface area contributed by atoms with Gasteiger partial charge in [0.2, 0.25) is 5.91 Å². The minimum Gasteiger partial charge on any atom is -0.468 e. The van der Waals surface area contributed by atoms with Crippen molar-refractivity contribution in [3.63, 3.8) is 0 Å². The molecule has 1 aliphatic rings. The Labute approximate surface area is 105 Å². The summed E-state index contributed by atoms with van der Waals surface area (Å²) in [6.45, 7) is 3.35. The zero-order chi connectivity index (χ0) is 12.1. The second kappa shape index (κ2) is 6.12. The first-order valence-electron chi connectivity index (χ1n) is 5.81. The molecule has 0 aliphatic carbocycles. The lowest BCUT2D eigenvalue weighted by Crippen LogP contribution is -2.32. The van der Waals surface area contributed by atoms with Gasteiger partial charge < -0.3 is 14.5 Å². The second-order valence-corrected chi connectivity index (χ2v) is 5.09. The molecule has 1 fully saturated rings. The molecule has 0 aromatic carbocycles. The molecule has 0 spiro atoms. The zero-order valence-electron chi connectivity index (χ0n) is 9.90. The summed E-state index contributed by atoms with van der Waals surface area (Å²) in [5, 5.41) is 2.89. The quantitative estimate of drug-likeness (QED) is 0.817. The van der Waals surface area contributed by atoms with Crippen LogP contribution >= 0.6 is 11.8 Å². The van der Waals surface area contributed by atoms with Crippen LogP contribution in [0.1, 0.15) is 18.6 Å². The standard InChI is InChI=1S/C12H17NO3S/c1-9-11(4-6-15-9)17-8-12(14)13-7-10-3-2-5-16-10/h4,6,10H,2-3,5,7-8H2,1H3,(H,13,14)/t10-/m1/s1. The molecule has 2 heterocycles. The summed E-state index contributed by atoms with van der Waals surface area (Å²) in [6.07, 6.45) is 4.00. The Hall–Kier alpha value is -0.940. The summed E-state index contributed by atoms with van der Waals surface area (Å²) in [5.41, 5.74) is 0. The third-order valence-corrected chi connectivity index (χ3v) is 3.86. The molecule has 0 unspecified atom stereocenters. The van der Waals surface area contributed by atoms with Gasteiger partial charge >= 0.3 is 0 Å². The van der Waals surface area contributed by atoms with E-state index in [0.29, 0.717) is 12.3 Å². The molecule has 0 bridgehead atoms. The highest BCUT2D eigenvalue weighted by Crippen LogP contribution is 2.22. The van der Waals surface area contributed by atoms with Gasteiger partial charge in [0, 0.05) is 18.0 Å². The Morgan fingerprint density at radius 3 is 3.18 bits per heavy atom. The number of aryl methyl sites for hydroxylation is 1. The normalized spacial score (nSPS) is 19.5. The lowest BCUT2D eigenvalue weighted by Gasteiger charge is -2.10. The molecule has 1 saturated heterocycles. The van der Waals surface area contributed by atoms with E-state index in [-0.39, 0.29) is 12.0 Å². The molecule has 1 amide bonds. The molecule has 4 nitrogen and oxygen atoms in total. The van der Waals surface area contributed by atoms with Gasteiger partial charge in [-0.3, -0.25) is 4.79 Å². The van der Waals surface area contributed by atoms with E-state index < -0.39 is 0 Å². The van der Waals surface area contributed by atoms with Crippen molar-refractivity contribution in [3.8, 4) is 0 Å². The van der Waals surface area contributed by atoms with Gasteiger partial charge in [0.1, 0.15) is 5.76 Å². The van der Waals surface area contributed by atoms with E-state index in [9.17, 15) is 4.79 Å². The van der Waals surface area contributed by atoms with E-state index in [2.05, 4.69) is 5.32 Å². The predicted octanol–water partition coefficient (Wildman–Crippen LogP) is 1.98. The monoisotopic (exact) mass is 255 g/mol. The summed E-state index contributed by atoms with van der Waals surface area (Å²) in [5.74, 6) is 1.33. The van der Waals surface area contributed by atoms with Crippen molar-refractivity contribution < 1.29 is 13.9 Å². The number of hydrogen-bond donors (Lipinski definition) is 1. The van der Waals surface area contributed by atoms with Crippen molar-refractivity contribution >= 4 is 17.7 Å². The SMILES string of the molecule is Cc1occc1SCC(=O)NC[C@H]1CCCO1. The van der Waals surface area contributed by atoms with Crippen LogP contribution in [0.3, 0.4) is 0 Å². The summed E-state index contributed by atoms with van der Waals surface area (Å²) in [4.78, 5) is 12.6. The van der Waals surface area contributed by atoms with Gasteiger partial charge in [0.25, 0.3) is 0 Å². The van der Waals surface area contributed by atoms with E-state index >= 15 is 0 Å². The highest BCUT2D eigenvalue weighted by atomic mass is 32.2. The van der Waals surface area contributed by atoms with Crippen molar-refractivity contribution in [2.45, 2.75) is 30.8 Å². The van der Waals surface area contributed by atoms with Crippen LogP contribution in [-0.4, -0.2) is 30.9 Å². The lowest BCUT2D eigenvalue weighted by molar-refractivity contribution is -0.119. The van der Waals surface area contributed by atoms with Crippen molar-refractivity contribution in [2.75, 3.05) is 18.9 Å². The fourth-order valence-corrected chi connectivity index (χ4v) is 2.54. The highest BCUT2D eigenvalue weighted by molar-refractivity contribution is 8.00. The van der Waals surface area contributed by atoms with Crippen molar-refractivity contribution in [3.05, 3.63) is 18.1 Å². The largest absolute Gasteiger partial charge is 0.468 e. The Morgan fingerprint density at radius 2 is 2.53 bits per heavy atom. The van der Waals surface area contributed by atoms with Gasteiger partial charge in [0.15, 0.2) is 0 Å². The van der Waals surface area contributed by atoms with E-state index in [1.54, 1.807) is 6.26 Å². The van der Waals surface area contributed by atoms with E-state index in [1.165, 1.54) is 11.8 Å². The van der Waals surface area contributed by atoms with Gasteiger partial charge in [-0.25, -0.2) is 0 Å². The topological polar surface area (TPSA) is 51.5 Å². The van der Waals surface area contributed by atoms with Crippen LogP contribution in [0.15, 0.2) is 21.6 Å². The molecule has 0 saturated carbocycles. The van der Waals surface area contributed by atoms with Crippen LogP contribution in [0.2, 0.25) is 0 Å². The molecule has 1 aliphatic heterocycles. The Morgan fingerprint density at radius 1 is 1.65 bits per heavy atom. The van der Waals surface area contributed by atoms with Crippen LogP contribution < -0.4 is 5.32 Å². The fraction of sp³-hybridized carbons (Fsp3) is 0.583. The molecule has 1 N–H and O–H groups in total. The second-order valence-electron chi connectivity index (χ2n) is 4.07. The van der Waals surface area contributed by atoms with Gasteiger partial charge in [-0.1, -0.05) is 0 Å². The first-order valence-corrected chi connectivity index (χ1v) is 6.79. The molecule has 2 rings (SSSR count). The molecule has 1 atom stereocenters. The summed E-state index contributed by atoms with van der Waals surface area (Å²) in [7, 11) is 0. The average Bonchev–Trinajstić information content (AvgIpc) is 2.95. The summed E-state index contributed by atoms with van der Waals surface area (Å²) < 4.78 is 10.6. The number of rotatable bonds is 5. The number of hydrogen-bond acceptors (Lipinski definition) is 4. The zero-order valence-corrected chi connectivity index (χ0v) is 10.7. The van der Waals surface area contributed by atoms with Crippen molar-refractivity contribution in [1.82, 2.24) is 5.32 Å². The predicted molar refractivity (Wildman–Crippen MR) is 66.2 cm³/mol. The van der Waals surface area contributed by atoms with E-state index in [0.717, 1.165) is 30.1 Å². The smallest absolute Gasteiger partial charge is 0.230 e. The molecule has 0 radical (unpaired) electrons. The number of carbonyl (C=O) groups excluding carboxylic acids is 1. The number of nitrogens with one attached hydrogen (secondary N) is 1. The minimum atomic E-state index is 0.0473. The number of amides is 1. The molecule has 94 valence electrons. The first kappa shape index (κ1) is 12.5. The third-order valence-electron chi connectivity index (χ3n) is 2.72. The first-order chi connectivity index (χ1) is 8.25. The molecular weight excluding hydrogens is 238 g/mol. The molecule has 5 heteroatoms. The molecule has 1 aromatic heterocycles. The Kier molecular flexibility index (Phi) is 4.50. The number of ether oxygens (including phenoxy) is 1. The highest BCUT2D eigenvalue weighted by Gasteiger charge is 2.16. The maximum absolute atomic E-state index is 11.6. The van der Waals surface area contributed by atoms with Gasteiger partial charge in [-0.15, -0.1) is 11.8 Å². The third kappa shape index (κ3) is 3.78. The van der Waals surface area contributed by atoms with Gasteiger partial charge in [-0.05, 0) is 25.8 Å². The fourth-order valence-electron chi connectivity index (χ4n) is 1.75. The van der Waals surface area contributed by atoms with Gasteiger partial charge in [-0.2, -0.15) is 0 Å². The van der Waals surface area contributed by atoms with Crippen LogP contribution in [0, 0.1) is 6.92 Å². The van der Waals surface area contributed by atoms with Crippen molar-refractivity contribution in [2.24, 2.45) is 0 Å². The van der Waals surface area contributed by atoms with Crippen LogP contribution in [-0.2, 0) is 9.53 Å². The lowest BCUT2D eigenvalue weighted by atomic mass is 10.2. The summed E-state index contributed by atoms with van der Waals surface area (Å²) in [6, 6.07) is 1.88. The van der Waals surface area contributed by atoms with Crippen LogP contribution in [0.25, 0.3) is 0 Å². The summed E-state index contributed by atoms with van der Waals surface area (Å²) >= 11 is 1.50. The van der Waals surface area contributed by atoms with E-state index in [4.69, 9.17) is 9.15 Å². The van der Waals surface area contributed by atoms with Crippen molar-refractivity contribution in [1.29, 1.82) is 0 Å². The average molecular weight is 255 g/mol. The number of thioether (sulfide) groups is 1. The number of carbonyl (C=O) groups is 1. The van der Waals surface area contributed by atoms with Crippen LogP contribution in [0.5, 0.6) is 0 Å². The molecule has 1 aromatic rings. The minimum absolute atomic E-state index is 0.0473. The maximum Gasteiger partial charge on any atom is 0.230 e. The Bertz CT molecular complexity index is 372. The van der Waals surface area contributed by atoms with Gasteiger partial charge in [0.05, 0.1) is 18.1 Å². The van der Waals surface area contributed by atoms with E-state index in [1.807, 2.05) is 13.0 Å².